The number of ether oxygens (including phenoxy) is 1. The number of nitrogens with zero attached hydrogens (tertiary/aromatic N) is 2. The highest BCUT2D eigenvalue weighted by Crippen LogP contribution is 2.45. The maximum absolute atomic E-state index is 13.5. The molecule has 4 aromatic rings. The molecule has 7 heteroatoms. The number of hydrogen-bond donors (Lipinski definition) is 1. The van der Waals surface area contributed by atoms with Gasteiger partial charge in [0.05, 0.1) is 21.8 Å². The standard InChI is InChI=1S/C29H24N2O4S/c1-15-11-16(2)24-22(12-15)36-29(30-24)31-25(18-7-5-4-6-8-18)23(27(33)28(31)34)26(32)19-9-10-21-20(14-19)13-17(3)35-21/h4-12,14,17,25,32H,13H2,1-3H3/b26-23-. The van der Waals surface area contributed by atoms with Gasteiger partial charge in [-0.1, -0.05) is 47.7 Å². The number of thiazole rings is 1. The van der Waals surface area contributed by atoms with Crippen molar-refractivity contribution in [2.75, 3.05) is 4.90 Å². The van der Waals surface area contributed by atoms with Gasteiger partial charge < -0.3 is 9.84 Å². The van der Waals surface area contributed by atoms with Crippen LogP contribution in [0.2, 0.25) is 0 Å². The van der Waals surface area contributed by atoms with Crippen molar-refractivity contribution in [1.29, 1.82) is 0 Å². The molecular formula is C29H24N2O4S. The van der Waals surface area contributed by atoms with Gasteiger partial charge in [-0.2, -0.15) is 0 Å². The predicted molar refractivity (Wildman–Crippen MR) is 141 cm³/mol. The van der Waals surface area contributed by atoms with E-state index in [4.69, 9.17) is 9.72 Å². The minimum atomic E-state index is -0.795. The highest BCUT2D eigenvalue weighted by Gasteiger charge is 2.48. The molecule has 3 heterocycles. The largest absolute Gasteiger partial charge is 0.507 e. The molecule has 3 aromatic carbocycles. The molecule has 2 unspecified atom stereocenters. The fourth-order valence-corrected chi connectivity index (χ4v) is 6.34. The Morgan fingerprint density at radius 1 is 1.08 bits per heavy atom. The number of ketones is 1. The minimum Gasteiger partial charge on any atom is -0.507 e. The molecule has 1 fully saturated rings. The number of rotatable bonds is 3. The van der Waals surface area contributed by atoms with E-state index in [1.54, 1.807) is 12.1 Å². The molecule has 1 aromatic heterocycles. The van der Waals surface area contributed by atoms with Crippen LogP contribution in [-0.4, -0.2) is 27.9 Å². The van der Waals surface area contributed by atoms with Crippen LogP contribution in [0.15, 0.2) is 66.2 Å². The maximum atomic E-state index is 13.5. The third kappa shape index (κ3) is 3.50. The number of aliphatic hydroxyl groups excluding tert-OH is 1. The van der Waals surface area contributed by atoms with Gasteiger partial charge in [-0.05, 0) is 67.3 Å². The van der Waals surface area contributed by atoms with Gasteiger partial charge in [-0.25, -0.2) is 4.98 Å². The van der Waals surface area contributed by atoms with Crippen LogP contribution < -0.4 is 9.64 Å². The summed E-state index contributed by atoms with van der Waals surface area (Å²) >= 11 is 1.37. The number of anilines is 1. The van der Waals surface area contributed by atoms with Gasteiger partial charge in [-0.3, -0.25) is 14.5 Å². The molecule has 36 heavy (non-hydrogen) atoms. The number of fused-ring (bicyclic) bond motifs is 2. The summed E-state index contributed by atoms with van der Waals surface area (Å²) in [4.78, 5) is 33.1. The van der Waals surface area contributed by atoms with E-state index in [-0.39, 0.29) is 17.4 Å². The van der Waals surface area contributed by atoms with Crippen molar-refractivity contribution in [3.63, 3.8) is 0 Å². The first-order valence-electron chi connectivity index (χ1n) is 11.9. The number of aryl methyl sites for hydroxylation is 2. The Kier molecular flexibility index (Phi) is 5.19. The van der Waals surface area contributed by atoms with E-state index in [9.17, 15) is 14.7 Å². The molecule has 0 aliphatic carbocycles. The predicted octanol–water partition coefficient (Wildman–Crippen LogP) is 5.86. The van der Waals surface area contributed by atoms with E-state index in [0.717, 1.165) is 44.6 Å². The Hall–Kier alpha value is -3.97. The first-order valence-corrected chi connectivity index (χ1v) is 12.7. The van der Waals surface area contributed by atoms with Crippen molar-refractivity contribution < 1.29 is 19.4 Å². The molecule has 2 aliphatic rings. The smallest absolute Gasteiger partial charge is 0.301 e. The summed E-state index contributed by atoms with van der Waals surface area (Å²) in [6, 6.07) is 18.0. The third-order valence-corrected chi connectivity index (χ3v) is 7.76. The number of hydrogen-bond acceptors (Lipinski definition) is 6. The number of carbonyl (C=O) groups excluding carboxylic acids is 2. The molecule has 0 radical (unpaired) electrons. The number of amides is 1. The Labute approximate surface area is 212 Å². The van der Waals surface area contributed by atoms with E-state index in [0.29, 0.717) is 10.7 Å². The average molecular weight is 497 g/mol. The normalized spacial score (nSPS) is 20.7. The van der Waals surface area contributed by atoms with Crippen molar-refractivity contribution in [3.05, 3.63) is 94.1 Å². The lowest BCUT2D eigenvalue weighted by atomic mass is 9.94. The van der Waals surface area contributed by atoms with Crippen LogP contribution in [0, 0.1) is 13.8 Å². The summed E-state index contributed by atoms with van der Waals surface area (Å²) in [6.45, 7) is 5.99. The number of benzene rings is 3. The molecule has 1 saturated heterocycles. The Bertz CT molecular complexity index is 1590. The van der Waals surface area contributed by atoms with Gasteiger partial charge in [-0.15, -0.1) is 0 Å². The molecular weight excluding hydrogens is 472 g/mol. The molecule has 6 rings (SSSR count). The van der Waals surface area contributed by atoms with Crippen molar-refractivity contribution in [2.45, 2.75) is 39.3 Å². The van der Waals surface area contributed by atoms with E-state index >= 15 is 0 Å². The topological polar surface area (TPSA) is 79.7 Å². The molecule has 180 valence electrons. The van der Waals surface area contributed by atoms with Crippen LogP contribution in [-0.2, 0) is 16.0 Å². The maximum Gasteiger partial charge on any atom is 0.301 e. The second-order valence-corrected chi connectivity index (χ2v) is 10.5. The lowest BCUT2D eigenvalue weighted by Gasteiger charge is -2.23. The molecule has 0 saturated carbocycles. The highest BCUT2D eigenvalue weighted by atomic mass is 32.1. The minimum absolute atomic E-state index is 0.0541. The van der Waals surface area contributed by atoms with Crippen molar-refractivity contribution >= 4 is 44.1 Å². The zero-order valence-electron chi connectivity index (χ0n) is 20.1. The summed E-state index contributed by atoms with van der Waals surface area (Å²) in [5.41, 5.74) is 5.16. The van der Waals surface area contributed by atoms with Gasteiger partial charge in [0, 0.05) is 12.0 Å². The number of aromatic nitrogens is 1. The highest BCUT2D eigenvalue weighted by molar-refractivity contribution is 7.22. The molecule has 0 spiro atoms. The molecule has 1 N–H and O–H groups in total. The Morgan fingerprint density at radius 3 is 2.64 bits per heavy atom. The van der Waals surface area contributed by atoms with Crippen molar-refractivity contribution in [3.8, 4) is 5.75 Å². The summed E-state index contributed by atoms with van der Waals surface area (Å²) in [5, 5.41) is 11.9. The first kappa shape index (κ1) is 22.5. The number of aliphatic hydroxyl groups is 1. The van der Waals surface area contributed by atoms with E-state index in [1.807, 2.05) is 69.3 Å². The van der Waals surface area contributed by atoms with Gasteiger partial charge in [0.1, 0.15) is 17.6 Å². The van der Waals surface area contributed by atoms with Gasteiger partial charge in [0.15, 0.2) is 5.13 Å². The summed E-state index contributed by atoms with van der Waals surface area (Å²) in [5.74, 6) is -0.838. The molecule has 6 nitrogen and oxygen atoms in total. The van der Waals surface area contributed by atoms with Crippen molar-refractivity contribution in [1.82, 2.24) is 4.98 Å². The van der Waals surface area contributed by atoms with Gasteiger partial charge in [0.25, 0.3) is 5.78 Å². The second-order valence-electron chi connectivity index (χ2n) is 9.46. The summed E-state index contributed by atoms with van der Waals surface area (Å²) < 4.78 is 6.73. The number of Topliss-reactive ketones (excluding diaryl/α,β-unsaturated/α-hetero) is 1. The van der Waals surface area contributed by atoms with Gasteiger partial charge in [0.2, 0.25) is 0 Å². The van der Waals surface area contributed by atoms with Crippen LogP contribution in [0.25, 0.3) is 16.0 Å². The molecule has 1 amide bonds. The monoisotopic (exact) mass is 496 g/mol. The summed E-state index contributed by atoms with van der Waals surface area (Å²) in [7, 11) is 0. The summed E-state index contributed by atoms with van der Waals surface area (Å²) in [6.07, 6.45) is 0.774. The average Bonchev–Trinajstić information content (AvgIpc) is 3.52. The van der Waals surface area contributed by atoms with Gasteiger partial charge >= 0.3 is 5.91 Å². The zero-order valence-corrected chi connectivity index (χ0v) is 20.9. The fraction of sp³-hybridized carbons (Fsp3) is 0.207. The van der Waals surface area contributed by atoms with E-state index in [2.05, 4.69) is 0 Å². The quantitative estimate of drug-likeness (QED) is 0.218. The zero-order chi connectivity index (χ0) is 25.1. The fourth-order valence-electron chi connectivity index (χ4n) is 5.17. The van der Waals surface area contributed by atoms with Crippen molar-refractivity contribution in [2.24, 2.45) is 0 Å². The lowest BCUT2D eigenvalue weighted by molar-refractivity contribution is -0.132. The third-order valence-electron chi connectivity index (χ3n) is 6.75. The van der Waals surface area contributed by atoms with E-state index < -0.39 is 17.7 Å². The second kappa shape index (κ2) is 8.31. The molecule has 2 atom stereocenters. The molecule has 2 aliphatic heterocycles. The first-order chi connectivity index (χ1) is 17.3. The molecule has 0 bridgehead atoms. The Morgan fingerprint density at radius 2 is 1.86 bits per heavy atom. The van der Waals surface area contributed by atoms with E-state index in [1.165, 1.54) is 16.2 Å². The lowest BCUT2D eigenvalue weighted by Crippen LogP contribution is -2.29. The SMILES string of the molecule is Cc1cc(C)c2nc(N3C(=O)C(=O)/C(=C(\O)c4ccc5c(c4)CC(C)O5)C3c3ccccc3)sc2c1. The Balaban J connectivity index is 1.54. The van der Waals surface area contributed by atoms with Crippen LogP contribution in [0.4, 0.5) is 5.13 Å². The van der Waals surface area contributed by atoms with Crippen LogP contribution in [0.1, 0.15) is 40.8 Å². The van der Waals surface area contributed by atoms with Crippen LogP contribution >= 0.6 is 11.3 Å². The van der Waals surface area contributed by atoms with Crippen LogP contribution in [0.3, 0.4) is 0 Å². The van der Waals surface area contributed by atoms with Crippen LogP contribution in [0.5, 0.6) is 5.75 Å². The number of carbonyl (C=O) groups is 2.